The summed E-state index contributed by atoms with van der Waals surface area (Å²) in [5, 5.41) is 2.59. The highest BCUT2D eigenvalue weighted by molar-refractivity contribution is 9.10. The van der Waals surface area contributed by atoms with Crippen LogP contribution in [0.1, 0.15) is 43.0 Å². The van der Waals surface area contributed by atoms with Crippen LogP contribution in [0.4, 0.5) is 10.1 Å². The van der Waals surface area contributed by atoms with Crippen LogP contribution in [-0.4, -0.2) is 20.4 Å². The van der Waals surface area contributed by atoms with Crippen molar-refractivity contribution in [3.05, 3.63) is 58.3 Å². The maximum atomic E-state index is 14.2. The molecule has 0 heterocycles. The fourth-order valence-corrected chi connectivity index (χ4v) is 5.15. The quantitative estimate of drug-likeness (QED) is 0.667. The molecule has 0 saturated heterocycles. The highest BCUT2D eigenvalue weighted by Crippen LogP contribution is 2.26. The van der Waals surface area contributed by atoms with E-state index in [1.54, 1.807) is 24.3 Å². The molecular weight excluding hydrogens is 447 g/mol. The van der Waals surface area contributed by atoms with Gasteiger partial charge in [0.25, 0.3) is 5.91 Å². The zero-order chi connectivity index (χ0) is 20.3. The molecule has 2 atom stereocenters. The molecular formula is C20H22BrFN2O3S. The monoisotopic (exact) mass is 468 g/mol. The molecule has 5 nitrogen and oxygen atoms in total. The first-order chi connectivity index (χ1) is 13.3. The van der Waals surface area contributed by atoms with Crippen LogP contribution in [0.5, 0.6) is 0 Å². The van der Waals surface area contributed by atoms with Crippen molar-refractivity contribution < 1.29 is 17.6 Å². The molecule has 0 aliphatic heterocycles. The Labute approximate surface area is 172 Å². The zero-order valence-corrected chi connectivity index (χ0v) is 17.8. The topological polar surface area (TPSA) is 75.3 Å². The summed E-state index contributed by atoms with van der Waals surface area (Å²) in [4.78, 5) is 12.4. The fourth-order valence-electron chi connectivity index (χ4n) is 3.36. The molecule has 0 bridgehead atoms. The summed E-state index contributed by atoms with van der Waals surface area (Å²) in [5.41, 5.74) is 0.143. The summed E-state index contributed by atoms with van der Waals surface area (Å²) in [6.07, 6.45) is 3.81. The van der Waals surface area contributed by atoms with E-state index < -0.39 is 21.7 Å². The van der Waals surface area contributed by atoms with Crippen molar-refractivity contribution in [3.63, 3.8) is 0 Å². The number of halogens is 2. The molecule has 2 aromatic rings. The number of para-hydroxylation sites is 1. The molecule has 2 unspecified atom stereocenters. The third-order valence-corrected chi connectivity index (χ3v) is 7.21. The van der Waals surface area contributed by atoms with Crippen LogP contribution in [0.3, 0.4) is 0 Å². The number of rotatable bonds is 5. The second kappa shape index (κ2) is 8.71. The lowest BCUT2D eigenvalue weighted by Gasteiger charge is -2.29. The van der Waals surface area contributed by atoms with E-state index >= 15 is 0 Å². The number of hydrogen-bond acceptors (Lipinski definition) is 3. The van der Waals surface area contributed by atoms with Crippen LogP contribution in [0.2, 0.25) is 0 Å². The minimum atomic E-state index is -3.85. The molecule has 1 saturated carbocycles. The molecule has 0 spiro atoms. The van der Waals surface area contributed by atoms with Crippen molar-refractivity contribution in [2.24, 2.45) is 5.92 Å². The number of carbonyl (C=O) groups excluding carboxylic acids is 1. The molecule has 3 rings (SSSR count). The van der Waals surface area contributed by atoms with Gasteiger partial charge in [-0.05, 0) is 65.0 Å². The van der Waals surface area contributed by atoms with E-state index in [-0.39, 0.29) is 22.4 Å². The normalized spacial score (nSPS) is 20.0. The number of benzene rings is 2. The molecule has 0 radical (unpaired) electrons. The maximum absolute atomic E-state index is 14.2. The van der Waals surface area contributed by atoms with Gasteiger partial charge in [0.2, 0.25) is 10.0 Å². The molecule has 28 heavy (non-hydrogen) atoms. The Morgan fingerprint density at radius 2 is 1.86 bits per heavy atom. The van der Waals surface area contributed by atoms with E-state index in [2.05, 4.69) is 26.0 Å². The van der Waals surface area contributed by atoms with Crippen LogP contribution in [0.25, 0.3) is 0 Å². The summed E-state index contributed by atoms with van der Waals surface area (Å²) in [6, 6.07) is 10.0. The number of anilines is 1. The Morgan fingerprint density at radius 1 is 1.14 bits per heavy atom. The Kier molecular flexibility index (Phi) is 6.52. The summed E-state index contributed by atoms with van der Waals surface area (Å²) >= 11 is 3.31. The van der Waals surface area contributed by atoms with Crippen LogP contribution >= 0.6 is 15.9 Å². The zero-order valence-electron chi connectivity index (χ0n) is 15.4. The van der Waals surface area contributed by atoms with E-state index in [1.165, 1.54) is 6.07 Å². The lowest BCUT2D eigenvalue weighted by atomic mass is 9.87. The predicted octanol–water partition coefficient (Wildman–Crippen LogP) is 4.70. The lowest BCUT2D eigenvalue weighted by molar-refractivity contribution is 0.102. The van der Waals surface area contributed by atoms with Crippen molar-refractivity contribution in [2.75, 3.05) is 5.32 Å². The van der Waals surface area contributed by atoms with E-state index in [0.29, 0.717) is 10.2 Å². The summed E-state index contributed by atoms with van der Waals surface area (Å²) in [5.74, 6) is -1.26. The van der Waals surface area contributed by atoms with E-state index in [0.717, 1.165) is 37.8 Å². The molecule has 8 heteroatoms. The summed E-state index contributed by atoms with van der Waals surface area (Å²) in [6.45, 7) is 2.02. The molecule has 0 aromatic heterocycles. The van der Waals surface area contributed by atoms with E-state index in [1.807, 2.05) is 6.92 Å². The van der Waals surface area contributed by atoms with Crippen molar-refractivity contribution in [1.29, 1.82) is 0 Å². The SMILES string of the molecule is CC1CCCCC1NS(=O)(=O)c1ccc(F)c(C(=O)Nc2ccccc2Br)c1. The Balaban J connectivity index is 1.84. The van der Waals surface area contributed by atoms with Crippen molar-refractivity contribution in [3.8, 4) is 0 Å². The van der Waals surface area contributed by atoms with Gasteiger partial charge in [-0.25, -0.2) is 17.5 Å². The second-order valence-corrected chi connectivity index (χ2v) is 9.63. The standard InChI is InChI=1S/C20H22BrFN2O3S/c1-13-6-2-4-8-18(13)24-28(26,27)14-10-11-17(22)15(12-14)20(25)23-19-9-5-3-7-16(19)21/h3,5,7,9-13,18,24H,2,4,6,8H2,1H3,(H,23,25). The number of nitrogens with one attached hydrogen (secondary N) is 2. The minimum Gasteiger partial charge on any atom is -0.321 e. The largest absolute Gasteiger partial charge is 0.321 e. The third kappa shape index (κ3) is 4.79. The van der Waals surface area contributed by atoms with Gasteiger partial charge in [-0.1, -0.05) is 31.9 Å². The minimum absolute atomic E-state index is 0.121. The van der Waals surface area contributed by atoms with Gasteiger partial charge in [0.1, 0.15) is 5.82 Å². The van der Waals surface area contributed by atoms with Gasteiger partial charge >= 0.3 is 0 Å². The van der Waals surface area contributed by atoms with Crippen LogP contribution in [0.15, 0.2) is 51.8 Å². The predicted molar refractivity (Wildman–Crippen MR) is 110 cm³/mol. The van der Waals surface area contributed by atoms with Crippen molar-refractivity contribution in [2.45, 2.75) is 43.5 Å². The average molecular weight is 469 g/mol. The first-order valence-electron chi connectivity index (χ1n) is 9.15. The number of carbonyl (C=O) groups is 1. The molecule has 1 aliphatic carbocycles. The Morgan fingerprint density at radius 3 is 2.57 bits per heavy atom. The number of sulfonamides is 1. The van der Waals surface area contributed by atoms with Gasteiger partial charge < -0.3 is 5.32 Å². The van der Waals surface area contributed by atoms with Crippen molar-refractivity contribution in [1.82, 2.24) is 4.72 Å². The fraction of sp³-hybridized carbons (Fsp3) is 0.350. The van der Waals surface area contributed by atoms with Gasteiger partial charge in [0.15, 0.2) is 0 Å². The molecule has 1 aliphatic rings. The van der Waals surface area contributed by atoms with Crippen molar-refractivity contribution >= 4 is 37.5 Å². The summed E-state index contributed by atoms with van der Waals surface area (Å²) < 4.78 is 43.1. The number of hydrogen-bond donors (Lipinski definition) is 2. The van der Waals surface area contributed by atoms with Gasteiger partial charge in [0.05, 0.1) is 16.1 Å². The van der Waals surface area contributed by atoms with E-state index in [9.17, 15) is 17.6 Å². The van der Waals surface area contributed by atoms with Gasteiger partial charge in [-0.2, -0.15) is 0 Å². The van der Waals surface area contributed by atoms with Crippen LogP contribution < -0.4 is 10.0 Å². The van der Waals surface area contributed by atoms with Gasteiger partial charge in [-0.3, -0.25) is 4.79 Å². The first-order valence-corrected chi connectivity index (χ1v) is 11.4. The summed E-state index contributed by atoms with van der Waals surface area (Å²) in [7, 11) is -3.85. The highest BCUT2D eigenvalue weighted by atomic mass is 79.9. The van der Waals surface area contributed by atoms with E-state index in [4.69, 9.17) is 0 Å². The highest BCUT2D eigenvalue weighted by Gasteiger charge is 2.27. The molecule has 1 amide bonds. The molecule has 150 valence electrons. The van der Waals surface area contributed by atoms with Gasteiger partial charge in [0, 0.05) is 10.5 Å². The average Bonchev–Trinajstić information content (AvgIpc) is 2.65. The van der Waals surface area contributed by atoms with Gasteiger partial charge in [-0.15, -0.1) is 0 Å². The molecule has 2 aromatic carbocycles. The van der Waals surface area contributed by atoms with Crippen LogP contribution in [-0.2, 0) is 10.0 Å². The number of amides is 1. The second-order valence-electron chi connectivity index (χ2n) is 7.07. The first kappa shape index (κ1) is 21.0. The Hall–Kier alpha value is -1.77. The third-order valence-electron chi connectivity index (χ3n) is 5.03. The molecule has 1 fully saturated rings. The maximum Gasteiger partial charge on any atom is 0.258 e. The van der Waals surface area contributed by atoms with Crippen LogP contribution in [0, 0.1) is 11.7 Å². The molecule has 2 N–H and O–H groups in total. The lowest BCUT2D eigenvalue weighted by Crippen LogP contribution is -2.41. The Bertz CT molecular complexity index is 981. The smallest absolute Gasteiger partial charge is 0.258 e.